The molecule has 1 heterocycles. The maximum atomic E-state index is 13.1. The van der Waals surface area contributed by atoms with Crippen LogP contribution in [0.4, 0.5) is 0 Å². The molecule has 8 heteroatoms. The zero-order valence-corrected chi connectivity index (χ0v) is 25.4. The summed E-state index contributed by atoms with van der Waals surface area (Å²) in [6, 6.07) is -0.406. The normalized spacial score (nSPS) is 46.8. The fraction of sp³-hybridized carbons (Fsp3) is 0.968. The number of nitrogens with zero attached hydrogens (tertiary/aromatic N) is 1. The maximum absolute atomic E-state index is 13.1. The standard InChI is InChI=1S/C31H53NO6S/c1-5-22-26-17-21(33)12-14-31(26,4)25-13-15-30(3)23(9-10-24(30)28(25)29(22)35)19(2)8-11-27(34)32-16-6-7-20(32)18-39(36,37)38/h19-26,28-29,33,35H,5-18H2,1-4H3,(H,36,37,38)/t19-,20-,21-,22-,23-,24+,25+,26+,28+,29-,30-,31-/m1/s1. The van der Waals surface area contributed by atoms with Crippen LogP contribution >= 0.6 is 0 Å². The van der Waals surface area contributed by atoms with Crippen molar-refractivity contribution in [2.45, 2.75) is 123 Å². The van der Waals surface area contributed by atoms with Gasteiger partial charge in [0.2, 0.25) is 5.91 Å². The molecule has 0 aromatic carbocycles. The average molecular weight is 568 g/mol. The van der Waals surface area contributed by atoms with Crippen LogP contribution in [0.5, 0.6) is 0 Å². The average Bonchev–Trinajstić information content (AvgIpc) is 3.46. The Morgan fingerprint density at radius 2 is 1.69 bits per heavy atom. The first-order valence-corrected chi connectivity index (χ1v) is 17.5. The van der Waals surface area contributed by atoms with Crippen LogP contribution in [-0.2, 0) is 14.9 Å². The van der Waals surface area contributed by atoms with Gasteiger partial charge in [-0.2, -0.15) is 8.42 Å². The van der Waals surface area contributed by atoms with Gasteiger partial charge in [-0.15, -0.1) is 0 Å². The predicted molar refractivity (Wildman–Crippen MR) is 151 cm³/mol. The van der Waals surface area contributed by atoms with Crippen molar-refractivity contribution in [2.24, 2.45) is 52.3 Å². The van der Waals surface area contributed by atoms with E-state index in [1.165, 1.54) is 6.42 Å². The van der Waals surface area contributed by atoms with Crippen LogP contribution in [0.15, 0.2) is 0 Å². The molecule has 12 atom stereocenters. The molecule has 5 fully saturated rings. The maximum Gasteiger partial charge on any atom is 0.266 e. The Morgan fingerprint density at radius 3 is 2.38 bits per heavy atom. The molecule has 1 amide bonds. The molecule has 224 valence electrons. The molecule has 5 aliphatic rings. The Morgan fingerprint density at radius 1 is 1.00 bits per heavy atom. The van der Waals surface area contributed by atoms with Gasteiger partial charge < -0.3 is 15.1 Å². The predicted octanol–water partition coefficient (Wildman–Crippen LogP) is 4.91. The Labute approximate surface area is 236 Å². The van der Waals surface area contributed by atoms with Gasteiger partial charge in [-0.3, -0.25) is 9.35 Å². The first kappa shape index (κ1) is 29.8. The van der Waals surface area contributed by atoms with Gasteiger partial charge in [-0.1, -0.05) is 34.1 Å². The number of likely N-dealkylation sites (tertiary alicyclic amines) is 1. The second kappa shape index (κ2) is 10.9. The Kier molecular flexibility index (Phi) is 8.29. The fourth-order valence-corrected chi connectivity index (χ4v) is 12.0. The van der Waals surface area contributed by atoms with E-state index in [9.17, 15) is 28.0 Å². The highest BCUT2D eigenvalue weighted by molar-refractivity contribution is 7.85. The lowest BCUT2D eigenvalue weighted by atomic mass is 9.41. The summed E-state index contributed by atoms with van der Waals surface area (Å²) in [6.45, 7) is 10.0. The van der Waals surface area contributed by atoms with Crippen molar-refractivity contribution in [3.63, 3.8) is 0 Å². The van der Waals surface area contributed by atoms with Crippen molar-refractivity contribution in [3.05, 3.63) is 0 Å². The molecule has 3 N–H and O–H groups in total. The SMILES string of the molecule is CC[C@H]1[C@@H](O)[C@@H]2[C@H](CC[C@]3(C)[C@@H]([C@H](C)CCC(=O)N4CCC[C@@H]4CS(=O)(=O)O)CC[C@@H]23)[C@@]2(C)CC[C@@H](O)C[C@@H]12. The molecule has 0 radical (unpaired) electrons. The minimum atomic E-state index is -4.10. The zero-order chi connectivity index (χ0) is 28.3. The lowest BCUT2D eigenvalue weighted by Crippen LogP contribution is -2.62. The van der Waals surface area contributed by atoms with Crippen molar-refractivity contribution < 1.29 is 28.0 Å². The van der Waals surface area contributed by atoms with E-state index < -0.39 is 16.2 Å². The third kappa shape index (κ3) is 5.23. The molecule has 1 aliphatic heterocycles. The van der Waals surface area contributed by atoms with E-state index in [0.717, 1.165) is 57.8 Å². The Bertz CT molecular complexity index is 1020. The number of aliphatic hydroxyl groups excluding tert-OH is 2. The van der Waals surface area contributed by atoms with Gasteiger partial charge in [0.1, 0.15) is 0 Å². The van der Waals surface area contributed by atoms with E-state index in [1.54, 1.807) is 4.90 Å². The summed E-state index contributed by atoms with van der Waals surface area (Å²) >= 11 is 0. The highest BCUT2D eigenvalue weighted by Crippen LogP contribution is 2.69. The number of fused-ring (bicyclic) bond motifs is 5. The van der Waals surface area contributed by atoms with Gasteiger partial charge in [0.25, 0.3) is 10.1 Å². The van der Waals surface area contributed by atoms with E-state index in [4.69, 9.17) is 0 Å². The van der Waals surface area contributed by atoms with Crippen molar-refractivity contribution in [2.75, 3.05) is 12.3 Å². The third-order valence-electron chi connectivity index (χ3n) is 13.1. The van der Waals surface area contributed by atoms with E-state index in [0.29, 0.717) is 54.9 Å². The quantitative estimate of drug-likeness (QED) is 0.377. The fourth-order valence-electron chi connectivity index (χ4n) is 11.2. The van der Waals surface area contributed by atoms with Crippen LogP contribution in [-0.4, -0.2) is 64.5 Å². The zero-order valence-electron chi connectivity index (χ0n) is 24.6. The number of amides is 1. The van der Waals surface area contributed by atoms with Gasteiger partial charge in [-0.25, -0.2) is 0 Å². The first-order chi connectivity index (χ1) is 18.3. The molecular weight excluding hydrogens is 514 g/mol. The van der Waals surface area contributed by atoms with E-state index in [-0.39, 0.29) is 40.6 Å². The summed E-state index contributed by atoms with van der Waals surface area (Å²) in [6.07, 6.45) is 10.5. The molecule has 39 heavy (non-hydrogen) atoms. The summed E-state index contributed by atoms with van der Waals surface area (Å²) in [5.41, 5.74) is 0.372. The number of carbonyl (C=O) groups is 1. The molecule has 0 bridgehead atoms. The number of hydrogen-bond donors (Lipinski definition) is 3. The van der Waals surface area contributed by atoms with E-state index in [1.807, 2.05) is 0 Å². The lowest BCUT2D eigenvalue weighted by molar-refractivity contribution is -0.203. The Balaban J connectivity index is 1.27. The molecule has 0 unspecified atom stereocenters. The highest BCUT2D eigenvalue weighted by Gasteiger charge is 2.64. The molecule has 4 saturated carbocycles. The van der Waals surface area contributed by atoms with E-state index in [2.05, 4.69) is 27.7 Å². The molecule has 5 rings (SSSR count). The topological polar surface area (TPSA) is 115 Å². The van der Waals surface area contributed by atoms with E-state index >= 15 is 0 Å². The van der Waals surface area contributed by atoms with Crippen LogP contribution in [0, 0.1) is 52.3 Å². The van der Waals surface area contributed by atoms with Gasteiger partial charge in [0, 0.05) is 19.0 Å². The van der Waals surface area contributed by atoms with Crippen LogP contribution in [0.25, 0.3) is 0 Å². The number of rotatable bonds is 7. The number of hydrogen-bond acceptors (Lipinski definition) is 5. The molecule has 1 saturated heterocycles. The molecular formula is C31H53NO6S. The second-order valence-corrected chi connectivity index (χ2v) is 16.3. The van der Waals surface area contributed by atoms with Gasteiger partial charge >= 0.3 is 0 Å². The lowest BCUT2D eigenvalue weighted by Gasteiger charge is -2.64. The summed E-state index contributed by atoms with van der Waals surface area (Å²) in [5, 5.41) is 22.4. The minimum Gasteiger partial charge on any atom is -0.393 e. The van der Waals surface area contributed by atoms with Crippen molar-refractivity contribution in [3.8, 4) is 0 Å². The molecule has 4 aliphatic carbocycles. The molecule has 0 aromatic heterocycles. The highest BCUT2D eigenvalue weighted by atomic mass is 32.2. The van der Waals surface area contributed by atoms with Crippen LogP contribution < -0.4 is 0 Å². The van der Waals surface area contributed by atoms with Crippen molar-refractivity contribution >= 4 is 16.0 Å². The summed E-state index contributed by atoms with van der Waals surface area (Å²) in [5.74, 6) is 2.59. The Hall–Kier alpha value is -0.700. The number of aliphatic hydroxyl groups is 2. The summed E-state index contributed by atoms with van der Waals surface area (Å²) in [4.78, 5) is 14.8. The summed E-state index contributed by atoms with van der Waals surface area (Å²) in [7, 11) is -4.10. The third-order valence-corrected chi connectivity index (χ3v) is 13.9. The van der Waals surface area contributed by atoms with Crippen LogP contribution in [0.1, 0.15) is 105 Å². The molecule has 7 nitrogen and oxygen atoms in total. The van der Waals surface area contributed by atoms with Crippen molar-refractivity contribution in [1.29, 1.82) is 0 Å². The summed E-state index contributed by atoms with van der Waals surface area (Å²) < 4.78 is 32.2. The first-order valence-electron chi connectivity index (χ1n) is 15.9. The van der Waals surface area contributed by atoms with Crippen LogP contribution in [0.3, 0.4) is 0 Å². The monoisotopic (exact) mass is 567 g/mol. The molecule has 0 spiro atoms. The minimum absolute atomic E-state index is 0.0170. The smallest absolute Gasteiger partial charge is 0.266 e. The van der Waals surface area contributed by atoms with Crippen molar-refractivity contribution in [1.82, 2.24) is 4.90 Å². The van der Waals surface area contributed by atoms with Crippen LogP contribution in [0.2, 0.25) is 0 Å². The van der Waals surface area contributed by atoms with Gasteiger partial charge in [0.05, 0.1) is 18.0 Å². The second-order valence-electron chi connectivity index (χ2n) is 14.8. The molecule has 0 aromatic rings. The van der Waals surface area contributed by atoms with Gasteiger partial charge in [0.15, 0.2) is 0 Å². The van der Waals surface area contributed by atoms with Gasteiger partial charge in [-0.05, 0) is 116 Å². The largest absolute Gasteiger partial charge is 0.393 e. The number of carbonyl (C=O) groups excluding carboxylic acids is 1.